The van der Waals surface area contributed by atoms with Crippen LogP contribution in [-0.2, 0) is 4.74 Å². The zero-order chi connectivity index (χ0) is 17.1. The molecule has 0 N–H and O–H groups in total. The fourth-order valence-electron chi connectivity index (χ4n) is 3.85. The molecule has 1 saturated heterocycles. The number of carbonyl (C=O) groups is 1. The van der Waals surface area contributed by atoms with Gasteiger partial charge in [0, 0.05) is 24.7 Å². The molecule has 1 aromatic carbocycles. The molecule has 0 unspecified atom stereocenters. The van der Waals surface area contributed by atoms with Crippen molar-refractivity contribution in [2.24, 2.45) is 0 Å². The van der Waals surface area contributed by atoms with Gasteiger partial charge in [-0.1, -0.05) is 0 Å². The van der Waals surface area contributed by atoms with Gasteiger partial charge in [0.2, 0.25) is 5.88 Å². The molecule has 2 fully saturated rings. The minimum Gasteiger partial charge on any atom is -0.474 e. The van der Waals surface area contributed by atoms with Crippen molar-refractivity contribution < 1.29 is 14.3 Å². The van der Waals surface area contributed by atoms with Gasteiger partial charge in [-0.25, -0.2) is 9.97 Å². The number of hydrogen-bond donors (Lipinski definition) is 0. The topological polar surface area (TPSA) is 64.5 Å². The van der Waals surface area contributed by atoms with E-state index in [4.69, 9.17) is 9.47 Å². The lowest BCUT2D eigenvalue weighted by Crippen LogP contribution is -2.46. The zero-order valence-corrected chi connectivity index (χ0v) is 14.3. The average molecular weight is 341 g/mol. The number of benzene rings is 1. The largest absolute Gasteiger partial charge is 0.474 e. The molecule has 0 spiro atoms. The molecule has 1 aliphatic heterocycles. The third-order valence-corrected chi connectivity index (χ3v) is 5.24. The normalized spacial score (nSPS) is 25.0. The van der Waals surface area contributed by atoms with Crippen molar-refractivity contribution in [2.45, 2.75) is 37.8 Å². The van der Waals surface area contributed by atoms with Gasteiger partial charge in [-0.15, -0.1) is 0 Å². The second-order valence-electron chi connectivity index (χ2n) is 6.77. The minimum atomic E-state index is 0.176. The Balaban J connectivity index is 1.43. The number of aromatic nitrogens is 2. The molecule has 2 aliphatic rings. The van der Waals surface area contributed by atoms with Gasteiger partial charge < -0.3 is 9.47 Å². The molecule has 1 aliphatic carbocycles. The number of carbonyl (C=O) groups excluding carboxylic acids is 1. The Bertz CT molecular complexity index is 738. The molecule has 2 aromatic rings. The predicted octanol–water partition coefficient (Wildman–Crippen LogP) is 2.46. The van der Waals surface area contributed by atoms with E-state index in [2.05, 4.69) is 14.9 Å². The zero-order valence-electron chi connectivity index (χ0n) is 14.3. The predicted molar refractivity (Wildman–Crippen MR) is 94.0 cm³/mol. The highest BCUT2D eigenvalue weighted by molar-refractivity contribution is 5.89. The van der Waals surface area contributed by atoms with E-state index in [-0.39, 0.29) is 6.10 Å². The van der Waals surface area contributed by atoms with Crippen molar-refractivity contribution in [1.29, 1.82) is 0 Å². The van der Waals surface area contributed by atoms with Crippen molar-refractivity contribution in [1.82, 2.24) is 14.9 Å². The summed E-state index contributed by atoms with van der Waals surface area (Å²) in [6.07, 6.45) is 6.89. The Kier molecular flexibility index (Phi) is 4.90. The van der Waals surface area contributed by atoms with Gasteiger partial charge in [0.15, 0.2) is 0 Å². The standard InChI is InChI=1S/C19H23N3O3/c23-12-14-1-6-18-17(11-14)19(21-13-20-18)25-16-4-2-15(3-5-16)22-7-9-24-10-8-22/h1,6,11-13,15-16H,2-5,7-10H2. The van der Waals surface area contributed by atoms with Gasteiger partial charge in [-0.05, 0) is 43.9 Å². The second kappa shape index (κ2) is 7.45. The molecule has 6 heteroatoms. The van der Waals surface area contributed by atoms with E-state index >= 15 is 0 Å². The molecule has 4 rings (SSSR count). The maximum atomic E-state index is 11.0. The SMILES string of the molecule is O=Cc1ccc2ncnc(OC3CCC(N4CCOCC4)CC3)c2c1. The van der Waals surface area contributed by atoms with E-state index in [1.165, 1.54) is 6.33 Å². The molecule has 25 heavy (non-hydrogen) atoms. The molecular formula is C19H23N3O3. The van der Waals surface area contributed by atoms with Gasteiger partial charge >= 0.3 is 0 Å². The first kappa shape index (κ1) is 16.4. The van der Waals surface area contributed by atoms with Gasteiger partial charge in [-0.3, -0.25) is 9.69 Å². The molecule has 0 atom stereocenters. The number of aldehydes is 1. The molecule has 132 valence electrons. The quantitative estimate of drug-likeness (QED) is 0.796. The van der Waals surface area contributed by atoms with Crippen LogP contribution in [0.5, 0.6) is 5.88 Å². The summed E-state index contributed by atoms with van der Waals surface area (Å²) >= 11 is 0. The molecule has 0 amide bonds. The highest BCUT2D eigenvalue weighted by Crippen LogP contribution is 2.29. The Morgan fingerprint density at radius 3 is 2.68 bits per heavy atom. The second-order valence-corrected chi connectivity index (χ2v) is 6.77. The summed E-state index contributed by atoms with van der Waals surface area (Å²) in [5.41, 5.74) is 1.42. The summed E-state index contributed by atoms with van der Waals surface area (Å²) in [4.78, 5) is 22.2. The fourth-order valence-corrected chi connectivity index (χ4v) is 3.85. The fraction of sp³-hybridized carbons (Fsp3) is 0.526. The maximum Gasteiger partial charge on any atom is 0.224 e. The number of fused-ring (bicyclic) bond motifs is 1. The van der Waals surface area contributed by atoms with E-state index in [1.807, 2.05) is 6.07 Å². The number of ether oxygens (including phenoxy) is 2. The van der Waals surface area contributed by atoms with Crippen molar-refractivity contribution in [2.75, 3.05) is 26.3 Å². The average Bonchev–Trinajstić information content (AvgIpc) is 2.69. The maximum absolute atomic E-state index is 11.0. The van der Waals surface area contributed by atoms with Gasteiger partial charge in [0.25, 0.3) is 0 Å². The molecule has 0 radical (unpaired) electrons. The summed E-state index contributed by atoms with van der Waals surface area (Å²) in [7, 11) is 0. The smallest absolute Gasteiger partial charge is 0.224 e. The van der Waals surface area contributed by atoms with E-state index in [0.717, 1.165) is 69.2 Å². The first-order valence-electron chi connectivity index (χ1n) is 9.02. The van der Waals surface area contributed by atoms with Crippen LogP contribution in [0.1, 0.15) is 36.0 Å². The number of morpholine rings is 1. The number of hydrogen-bond acceptors (Lipinski definition) is 6. The van der Waals surface area contributed by atoms with Gasteiger partial charge in [-0.2, -0.15) is 0 Å². The molecule has 2 heterocycles. The van der Waals surface area contributed by atoms with Gasteiger partial charge in [0.05, 0.1) is 24.1 Å². The Hall–Kier alpha value is -2.05. The number of rotatable bonds is 4. The lowest BCUT2D eigenvalue weighted by Gasteiger charge is -2.38. The van der Waals surface area contributed by atoms with Gasteiger partial charge in [0.1, 0.15) is 18.7 Å². The summed E-state index contributed by atoms with van der Waals surface area (Å²) in [5, 5.41) is 0.808. The third-order valence-electron chi connectivity index (χ3n) is 5.24. The monoisotopic (exact) mass is 341 g/mol. The van der Waals surface area contributed by atoms with Crippen LogP contribution in [-0.4, -0.2) is 59.6 Å². The van der Waals surface area contributed by atoms with Crippen LogP contribution in [0.2, 0.25) is 0 Å². The first-order chi connectivity index (χ1) is 12.3. The summed E-state index contributed by atoms with van der Waals surface area (Å²) in [5.74, 6) is 0.587. The lowest BCUT2D eigenvalue weighted by atomic mass is 9.91. The third kappa shape index (κ3) is 3.65. The first-order valence-corrected chi connectivity index (χ1v) is 9.02. The van der Waals surface area contributed by atoms with E-state index in [0.29, 0.717) is 17.5 Å². The summed E-state index contributed by atoms with van der Waals surface area (Å²) < 4.78 is 11.6. The summed E-state index contributed by atoms with van der Waals surface area (Å²) in [6.45, 7) is 3.78. The van der Waals surface area contributed by atoms with E-state index in [9.17, 15) is 4.79 Å². The van der Waals surface area contributed by atoms with Crippen LogP contribution in [0, 0.1) is 0 Å². The summed E-state index contributed by atoms with van der Waals surface area (Å²) in [6, 6.07) is 6.05. The molecular weight excluding hydrogens is 318 g/mol. The van der Waals surface area contributed by atoms with Crippen molar-refractivity contribution in [3.05, 3.63) is 30.1 Å². The molecule has 1 aromatic heterocycles. The van der Waals surface area contributed by atoms with E-state index < -0.39 is 0 Å². The lowest BCUT2D eigenvalue weighted by molar-refractivity contribution is -0.00126. The van der Waals surface area contributed by atoms with Crippen molar-refractivity contribution in [3.63, 3.8) is 0 Å². The molecule has 0 bridgehead atoms. The van der Waals surface area contributed by atoms with Crippen LogP contribution < -0.4 is 4.74 Å². The van der Waals surface area contributed by atoms with Crippen LogP contribution in [0.4, 0.5) is 0 Å². The van der Waals surface area contributed by atoms with Crippen LogP contribution in [0.15, 0.2) is 24.5 Å². The Morgan fingerprint density at radius 1 is 1.12 bits per heavy atom. The Morgan fingerprint density at radius 2 is 1.92 bits per heavy atom. The molecule has 6 nitrogen and oxygen atoms in total. The highest BCUT2D eigenvalue weighted by Gasteiger charge is 2.28. The van der Waals surface area contributed by atoms with Crippen molar-refractivity contribution >= 4 is 17.2 Å². The van der Waals surface area contributed by atoms with Crippen LogP contribution in [0.3, 0.4) is 0 Å². The van der Waals surface area contributed by atoms with E-state index in [1.54, 1.807) is 12.1 Å². The van der Waals surface area contributed by atoms with Crippen molar-refractivity contribution in [3.8, 4) is 5.88 Å². The minimum absolute atomic E-state index is 0.176. The van der Waals surface area contributed by atoms with Crippen LogP contribution >= 0.6 is 0 Å². The number of nitrogens with zero attached hydrogens (tertiary/aromatic N) is 3. The highest BCUT2D eigenvalue weighted by atomic mass is 16.5. The van der Waals surface area contributed by atoms with Crippen LogP contribution in [0.25, 0.3) is 10.9 Å². The molecule has 1 saturated carbocycles. The Labute approximate surface area is 147 Å².